The Morgan fingerprint density at radius 2 is 2.62 bits per heavy atom. The summed E-state index contributed by atoms with van der Waals surface area (Å²) in [7, 11) is 1.34. The first-order valence-electron chi connectivity index (χ1n) is 3.68. The van der Waals surface area contributed by atoms with E-state index in [0.717, 1.165) is 5.01 Å². The molecule has 0 amide bonds. The van der Waals surface area contributed by atoms with E-state index in [2.05, 4.69) is 9.72 Å². The van der Waals surface area contributed by atoms with Crippen LogP contribution >= 0.6 is 11.3 Å². The fourth-order valence-corrected chi connectivity index (χ4v) is 1.50. The molecule has 4 nitrogen and oxygen atoms in total. The van der Waals surface area contributed by atoms with E-state index in [1.165, 1.54) is 24.6 Å². The van der Waals surface area contributed by atoms with E-state index in [1.54, 1.807) is 12.2 Å². The first-order chi connectivity index (χ1) is 6.27. The molecule has 1 rings (SSSR count). The van der Waals surface area contributed by atoms with Crippen molar-refractivity contribution in [1.29, 1.82) is 0 Å². The van der Waals surface area contributed by atoms with Crippen molar-refractivity contribution in [3.05, 3.63) is 22.2 Å². The van der Waals surface area contributed by atoms with E-state index in [9.17, 15) is 4.79 Å². The second-order valence-corrected chi connectivity index (χ2v) is 3.25. The number of thiazole rings is 1. The van der Waals surface area contributed by atoms with Gasteiger partial charge in [-0.05, 0) is 6.08 Å². The van der Waals surface area contributed by atoms with Gasteiger partial charge < -0.3 is 10.5 Å². The average Bonchev–Trinajstić information content (AvgIpc) is 2.62. The van der Waals surface area contributed by atoms with Gasteiger partial charge in [0.15, 0.2) is 0 Å². The molecule has 13 heavy (non-hydrogen) atoms. The molecule has 0 saturated carbocycles. The molecule has 5 heteroatoms. The number of methoxy groups -OCH3 is 1. The lowest BCUT2D eigenvalue weighted by Gasteiger charge is -1.89. The van der Waals surface area contributed by atoms with Gasteiger partial charge in [-0.15, -0.1) is 11.3 Å². The average molecular weight is 198 g/mol. The molecule has 70 valence electrons. The lowest BCUT2D eigenvalue weighted by atomic mass is 10.5. The molecule has 0 radical (unpaired) electrons. The SMILES string of the molecule is COC(=O)c1cnc(C=CCN)s1. The van der Waals surface area contributed by atoms with Crippen LogP contribution in [-0.4, -0.2) is 24.6 Å². The molecule has 0 unspecified atom stereocenters. The highest BCUT2D eigenvalue weighted by Gasteiger charge is 2.08. The topological polar surface area (TPSA) is 65.2 Å². The maximum atomic E-state index is 11.0. The van der Waals surface area contributed by atoms with Crippen LogP contribution in [0.3, 0.4) is 0 Å². The minimum absolute atomic E-state index is 0.357. The molecule has 0 aromatic carbocycles. The minimum atomic E-state index is -0.357. The molecule has 1 heterocycles. The van der Waals surface area contributed by atoms with Crippen LogP contribution in [0.1, 0.15) is 14.7 Å². The van der Waals surface area contributed by atoms with Crippen molar-refractivity contribution in [3.8, 4) is 0 Å². The van der Waals surface area contributed by atoms with Crippen molar-refractivity contribution in [1.82, 2.24) is 4.98 Å². The number of ether oxygens (including phenoxy) is 1. The minimum Gasteiger partial charge on any atom is -0.465 e. The maximum Gasteiger partial charge on any atom is 0.349 e. The highest BCUT2D eigenvalue weighted by molar-refractivity contribution is 7.14. The van der Waals surface area contributed by atoms with Gasteiger partial charge in [-0.25, -0.2) is 9.78 Å². The van der Waals surface area contributed by atoms with Crippen LogP contribution in [0, 0.1) is 0 Å². The number of hydrogen-bond donors (Lipinski definition) is 1. The van der Waals surface area contributed by atoms with Gasteiger partial charge in [0.1, 0.15) is 9.88 Å². The lowest BCUT2D eigenvalue weighted by Crippen LogP contribution is -1.96. The number of nitrogens with two attached hydrogens (primary N) is 1. The summed E-state index contributed by atoms with van der Waals surface area (Å²) >= 11 is 1.28. The highest BCUT2D eigenvalue weighted by atomic mass is 32.1. The molecule has 1 aromatic heterocycles. The third kappa shape index (κ3) is 2.64. The first-order valence-corrected chi connectivity index (χ1v) is 4.50. The second kappa shape index (κ2) is 4.74. The molecule has 0 aliphatic heterocycles. The van der Waals surface area contributed by atoms with Crippen molar-refractivity contribution in [2.24, 2.45) is 5.73 Å². The Balaban J connectivity index is 2.74. The van der Waals surface area contributed by atoms with E-state index in [-0.39, 0.29) is 5.97 Å². The van der Waals surface area contributed by atoms with Gasteiger partial charge in [0.25, 0.3) is 0 Å². The van der Waals surface area contributed by atoms with E-state index >= 15 is 0 Å². The van der Waals surface area contributed by atoms with Crippen LogP contribution in [0.4, 0.5) is 0 Å². The van der Waals surface area contributed by atoms with Crippen LogP contribution in [0.25, 0.3) is 6.08 Å². The highest BCUT2D eigenvalue weighted by Crippen LogP contribution is 2.14. The second-order valence-electron chi connectivity index (χ2n) is 2.19. The zero-order valence-corrected chi connectivity index (χ0v) is 8.00. The summed E-state index contributed by atoms with van der Waals surface area (Å²) < 4.78 is 4.54. The Kier molecular flexibility index (Phi) is 3.60. The number of carbonyl (C=O) groups excluding carboxylic acids is 1. The fourth-order valence-electron chi connectivity index (χ4n) is 0.728. The summed E-state index contributed by atoms with van der Waals surface area (Å²) in [5, 5.41) is 0.755. The van der Waals surface area contributed by atoms with Gasteiger partial charge in [0.05, 0.1) is 13.3 Å². The predicted octanol–water partition coefficient (Wildman–Crippen LogP) is 0.902. The van der Waals surface area contributed by atoms with Crippen molar-refractivity contribution in [2.45, 2.75) is 0 Å². The molecule has 0 bridgehead atoms. The monoisotopic (exact) mass is 198 g/mol. The molecular weight excluding hydrogens is 188 g/mol. The quantitative estimate of drug-likeness (QED) is 0.733. The van der Waals surface area contributed by atoms with Gasteiger partial charge in [0, 0.05) is 6.54 Å². The Morgan fingerprint density at radius 3 is 3.23 bits per heavy atom. The van der Waals surface area contributed by atoms with E-state index < -0.39 is 0 Å². The third-order valence-electron chi connectivity index (χ3n) is 1.31. The number of hydrogen-bond acceptors (Lipinski definition) is 5. The first kappa shape index (κ1) is 9.88. The largest absolute Gasteiger partial charge is 0.465 e. The van der Waals surface area contributed by atoms with Gasteiger partial charge in [-0.3, -0.25) is 0 Å². The van der Waals surface area contributed by atoms with Gasteiger partial charge in [-0.2, -0.15) is 0 Å². The van der Waals surface area contributed by atoms with E-state index in [0.29, 0.717) is 11.4 Å². The standard InChI is InChI=1S/C8H10N2O2S/c1-12-8(11)6-5-10-7(13-6)3-2-4-9/h2-3,5H,4,9H2,1H3. The Bertz CT molecular complexity index is 320. The molecule has 0 saturated heterocycles. The molecule has 0 fully saturated rings. The molecular formula is C8H10N2O2S. The summed E-state index contributed by atoms with van der Waals surface area (Å²) in [4.78, 5) is 15.5. The molecule has 0 aliphatic carbocycles. The third-order valence-corrected chi connectivity index (χ3v) is 2.25. The van der Waals surface area contributed by atoms with E-state index in [4.69, 9.17) is 5.73 Å². The maximum absolute atomic E-state index is 11.0. The van der Waals surface area contributed by atoms with Crippen molar-refractivity contribution in [2.75, 3.05) is 13.7 Å². The van der Waals surface area contributed by atoms with E-state index in [1.807, 2.05) is 0 Å². The van der Waals surface area contributed by atoms with Crippen LogP contribution < -0.4 is 5.73 Å². The smallest absolute Gasteiger partial charge is 0.349 e. The summed E-state index contributed by atoms with van der Waals surface area (Å²) in [5.41, 5.74) is 5.27. The zero-order valence-electron chi connectivity index (χ0n) is 7.19. The van der Waals surface area contributed by atoms with Crippen LogP contribution in [0.2, 0.25) is 0 Å². The number of esters is 1. The van der Waals surface area contributed by atoms with Crippen molar-refractivity contribution < 1.29 is 9.53 Å². The van der Waals surface area contributed by atoms with Gasteiger partial charge in [-0.1, -0.05) is 6.08 Å². The summed E-state index contributed by atoms with van der Waals surface area (Å²) in [6.07, 6.45) is 5.05. The summed E-state index contributed by atoms with van der Waals surface area (Å²) in [6, 6.07) is 0. The van der Waals surface area contributed by atoms with Gasteiger partial charge in [0.2, 0.25) is 0 Å². The normalized spacial score (nSPS) is 10.6. The Morgan fingerprint density at radius 1 is 1.85 bits per heavy atom. The Hall–Kier alpha value is -1.20. The molecule has 1 aromatic rings. The van der Waals surface area contributed by atoms with Crippen LogP contribution in [-0.2, 0) is 4.74 Å². The molecule has 2 N–H and O–H groups in total. The number of aromatic nitrogens is 1. The number of rotatable bonds is 3. The predicted molar refractivity (Wildman–Crippen MR) is 51.5 cm³/mol. The lowest BCUT2D eigenvalue weighted by molar-refractivity contribution is 0.0606. The van der Waals surface area contributed by atoms with Crippen molar-refractivity contribution >= 4 is 23.4 Å². The van der Waals surface area contributed by atoms with Crippen LogP contribution in [0.5, 0.6) is 0 Å². The number of carbonyl (C=O) groups is 1. The molecule has 0 atom stereocenters. The fraction of sp³-hybridized carbons (Fsp3) is 0.250. The molecule has 0 aliphatic rings. The Labute approximate surface area is 80.0 Å². The number of nitrogens with zero attached hydrogens (tertiary/aromatic N) is 1. The summed E-state index contributed by atoms with van der Waals surface area (Å²) in [6.45, 7) is 0.465. The van der Waals surface area contributed by atoms with Gasteiger partial charge >= 0.3 is 5.97 Å². The summed E-state index contributed by atoms with van der Waals surface area (Å²) in [5.74, 6) is -0.357. The zero-order chi connectivity index (χ0) is 9.68. The van der Waals surface area contributed by atoms with Crippen LogP contribution in [0.15, 0.2) is 12.3 Å². The van der Waals surface area contributed by atoms with Crippen molar-refractivity contribution in [3.63, 3.8) is 0 Å². The molecule has 0 spiro atoms.